The minimum Gasteiger partial charge on any atom is -0.507 e. The van der Waals surface area contributed by atoms with Crippen LogP contribution in [0, 0.1) is 0 Å². The molecule has 0 spiro atoms. The number of ether oxygens (including phenoxy) is 2. The van der Waals surface area contributed by atoms with Gasteiger partial charge < -0.3 is 28.5 Å². The molecule has 5 rings (SSSR count). The zero-order chi connectivity index (χ0) is 24.7. The van der Waals surface area contributed by atoms with Crippen molar-refractivity contribution in [2.45, 2.75) is 5.92 Å². The van der Waals surface area contributed by atoms with Crippen molar-refractivity contribution in [3.05, 3.63) is 104 Å². The van der Waals surface area contributed by atoms with Crippen LogP contribution in [-0.2, 0) is 0 Å². The number of hydrogen-bond donors (Lipinski definition) is 2. The van der Waals surface area contributed by atoms with E-state index in [9.17, 15) is 19.8 Å². The van der Waals surface area contributed by atoms with Crippen LogP contribution in [0.3, 0.4) is 0 Å². The summed E-state index contributed by atoms with van der Waals surface area (Å²) in [6.07, 6.45) is 0. The van der Waals surface area contributed by atoms with E-state index in [2.05, 4.69) is 0 Å². The highest BCUT2D eigenvalue weighted by molar-refractivity contribution is 5.87. The first-order valence-electron chi connectivity index (χ1n) is 10.7. The van der Waals surface area contributed by atoms with Crippen LogP contribution in [0.15, 0.2) is 85.2 Å². The molecule has 35 heavy (non-hydrogen) atoms. The molecule has 2 aromatic heterocycles. The van der Waals surface area contributed by atoms with E-state index >= 15 is 0 Å². The number of fused-ring (bicyclic) bond motifs is 2. The molecule has 8 nitrogen and oxygen atoms in total. The fraction of sp³-hybridized carbons (Fsp3) is 0.111. The summed E-state index contributed by atoms with van der Waals surface area (Å²) in [6, 6.07) is 17.8. The van der Waals surface area contributed by atoms with Gasteiger partial charge in [-0.15, -0.1) is 0 Å². The first-order chi connectivity index (χ1) is 17.0. The van der Waals surface area contributed by atoms with Gasteiger partial charge in [0, 0.05) is 5.56 Å². The third-order valence-electron chi connectivity index (χ3n) is 5.97. The lowest BCUT2D eigenvalue weighted by atomic mass is 9.83. The maximum atomic E-state index is 13.3. The smallest absolute Gasteiger partial charge is 0.344 e. The molecule has 0 amide bonds. The van der Waals surface area contributed by atoms with Gasteiger partial charge >= 0.3 is 11.3 Å². The van der Waals surface area contributed by atoms with E-state index in [1.165, 1.54) is 14.2 Å². The monoisotopic (exact) mass is 472 g/mol. The van der Waals surface area contributed by atoms with E-state index in [0.29, 0.717) is 0 Å². The van der Waals surface area contributed by atoms with Crippen LogP contribution in [0.4, 0.5) is 0 Å². The number of para-hydroxylation sites is 2. The van der Waals surface area contributed by atoms with Crippen LogP contribution in [0.2, 0.25) is 0 Å². The summed E-state index contributed by atoms with van der Waals surface area (Å²) in [5, 5.41) is 23.1. The molecule has 0 aliphatic carbocycles. The lowest BCUT2D eigenvalue weighted by Gasteiger charge is -2.23. The van der Waals surface area contributed by atoms with E-state index in [0.717, 1.165) is 0 Å². The normalized spacial score (nSPS) is 11.3. The first kappa shape index (κ1) is 22.1. The molecule has 5 aromatic rings. The van der Waals surface area contributed by atoms with Gasteiger partial charge in [0.25, 0.3) is 0 Å². The number of hydrogen-bond acceptors (Lipinski definition) is 8. The molecule has 176 valence electrons. The average Bonchev–Trinajstić information content (AvgIpc) is 2.87. The van der Waals surface area contributed by atoms with Gasteiger partial charge in [-0.05, 0) is 36.4 Å². The summed E-state index contributed by atoms with van der Waals surface area (Å²) < 4.78 is 22.1. The largest absolute Gasteiger partial charge is 0.507 e. The molecule has 0 aliphatic rings. The topological polar surface area (TPSA) is 119 Å². The lowest BCUT2D eigenvalue weighted by molar-refractivity contribution is 0.380. The highest BCUT2D eigenvalue weighted by atomic mass is 16.5. The van der Waals surface area contributed by atoms with Crippen molar-refractivity contribution in [3.63, 3.8) is 0 Å². The van der Waals surface area contributed by atoms with Gasteiger partial charge in [-0.3, -0.25) is 0 Å². The van der Waals surface area contributed by atoms with Crippen molar-refractivity contribution in [2.75, 3.05) is 14.2 Å². The fourth-order valence-corrected chi connectivity index (χ4v) is 4.40. The Balaban J connectivity index is 1.98. The Labute approximate surface area is 198 Å². The van der Waals surface area contributed by atoms with Gasteiger partial charge in [0.05, 0.1) is 42.0 Å². The molecule has 0 fully saturated rings. The van der Waals surface area contributed by atoms with Gasteiger partial charge in [0.2, 0.25) is 0 Å². The molecule has 2 heterocycles. The number of aromatic hydroxyl groups is 2. The molecule has 0 saturated heterocycles. The van der Waals surface area contributed by atoms with Crippen LogP contribution in [-0.4, -0.2) is 24.4 Å². The van der Waals surface area contributed by atoms with Gasteiger partial charge in [0.15, 0.2) is 0 Å². The minimum atomic E-state index is -1.36. The molecule has 0 atom stereocenters. The summed E-state index contributed by atoms with van der Waals surface area (Å²) in [7, 11) is 2.83. The predicted molar refractivity (Wildman–Crippen MR) is 129 cm³/mol. The highest BCUT2D eigenvalue weighted by Gasteiger charge is 2.36. The zero-order valence-corrected chi connectivity index (χ0v) is 18.8. The predicted octanol–water partition coefficient (Wildman–Crippen LogP) is 4.51. The summed E-state index contributed by atoms with van der Waals surface area (Å²) in [4.78, 5) is 26.6. The molecular formula is C27H20O8. The molecule has 3 aromatic carbocycles. The second kappa shape index (κ2) is 8.57. The van der Waals surface area contributed by atoms with Crippen molar-refractivity contribution in [2.24, 2.45) is 0 Å². The van der Waals surface area contributed by atoms with Crippen LogP contribution >= 0.6 is 0 Å². The molecule has 8 heteroatoms. The molecule has 0 aliphatic heterocycles. The van der Waals surface area contributed by atoms with E-state index in [-0.39, 0.29) is 50.1 Å². The molecule has 0 saturated carbocycles. The molecular weight excluding hydrogens is 452 g/mol. The minimum absolute atomic E-state index is 0.166. The maximum absolute atomic E-state index is 13.3. The van der Waals surface area contributed by atoms with E-state index in [1.807, 2.05) is 0 Å². The Hall–Kier alpha value is -4.72. The summed E-state index contributed by atoms with van der Waals surface area (Å²) >= 11 is 0. The van der Waals surface area contributed by atoms with Crippen molar-refractivity contribution < 1.29 is 28.5 Å². The van der Waals surface area contributed by atoms with Crippen molar-refractivity contribution >= 4 is 21.9 Å². The Bertz CT molecular complexity index is 1570. The second-order valence-electron chi connectivity index (χ2n) is 7.81. The second-order valence-corrected chi connectivity index (χ2v) is 7.81. The van der Waals surface area contributed by atoms with Gasteiger partial charge in [-0.25, -0.2) is 9.59 Å². The van der Waals surface area contributed by atoms with Gasteiger partial charge in [-0.1, -0.05) is 30.3 Å². The first-order valence-corrected chi connectivity index (χ1v) is 10.7. The van der Waals surface area contributed by atoms with Crippen LogP contribution in [0.25, 0.3) is 21.9 Å². The molecule has 0 bridgehead atoms. The fourth-order valence-electron chi connectivity index (χ4n) is 4.40. The Morgan fingerprint density at radius 3 is 1.49 bits per heavy atom. The van der Waals surface area contributed by atoms with E-state index in [1.54, 1.807) is 66.7 Å². The van der Waals surface area contributed by atoms with Crippen molar-refractivity contribution in [1.82, 2.24) is 0 Å². The van der Waals surface area contributed by atoms with Crippen LogP contribution in [0.1, 0.15) is 22.6 Å². The summed E-state index contributed by atoms with van der Waals surface area (Å²) in [6.45, 7) is 0. The van der Waals surface area contributed by atoms with Gasteiger partial charge in [0.1, 0.15) is 34.2 Å². The average molecular weight is 472 g/mol. The Morgan fingerprint density at radius 1 is 0.629 bits per heavy atom. The van der Waals surface area contributed by atoms with E-state index in [4.69, 9.17) is 18.3 Å². The standard InChI is InChI=1S/C27H20O8/c1-32-18-12-7-13-19(33-2)20(18)21(22-24(28)14-8-3-5-10-16(14)34-26(22)30)23-25(29)15-9-4-6-11-17(15)35-27(23)31/h3-13,21,28-29H,1-2H3. The highest BCUT2D eigenvalue weighted by Crippen LogP contribution is 2.47. The van der Waals surface area contributed by atoms with Crippen molar-refractivity contribution in [1.29, 1.82) is 0 Å². The lowest BCUT2D eigenvalue weighted by Crippen LogP contribution is -2.22. The molecule has 0 radical (unpaired) electrons. The Kier molecular flexibility index (Phi) is 5.41. The maximum Gasteiger partial charge on any atom is 0.344 e. The molecule has 2 N–H and O–H groups in total. The SMILES string of the molecule is COc1cccc(OC)c1C(c1c(O)c2ccccc2oc1=O)c1c(O)c2ccccc2oc1=O. The third kappa shape index (κ3) is 3.47. The molecule has 0 unspecified atom stereocenters. The van der Waals surface area contributed by atoms with E-state index < -0.39 is 28.7 Å². The number of benzene rings is 3. The quantitative estimate of drug-likeness (QED) is 0.359. The van der Waals surface area contributed by atoms with Crippen LogP contribution < -0.4 is 20.7 Å². The van der Waals surface area contributed by atoms with Gasteiger partial charge in [-0.2, -0.15) is 0 Å². The number of rotatable bonds is 5. The third-order valence-corrected chi connectivity index (χ3v) is 5.97. The Morgan fingerprint density at radius 2 is 1.06 bits per heavy atom. The number of methoxy groups -OCH3 is 2. The van der Waals surface area contributed by atoms with Crippen molar-refractivity contribution in [3.8, 4) is 23.0 Å². The summed E-state index contributed by atoms with van der Waals surface area (Å²) in [5.74, 6) is -1.65. The zero-order valence-electron chi connectivity index (χ0n) is 18.8. The summed E-state index contributed by atoms with van der Waals surface area (Å²) in [5.41, 5.74) is -1.78. The van der Waals surface area contributed by atoms with Crippen LogP contribution in [0.5, 0.6) is 23.0 Å².